The van der Waals surface area contributed by atoms with Gasteiger partial charge in [-0.05, 0) is 17.7 Å². The summed E-state index contributed by atoms with van der Waals surface area (Å²) >= 11 is 5.87. The van der Waals surface area contributed by atoms with E-state index in [9.17, 15) is 9.90 Å². The van der Waals surface area contributed by atoms with Crippen LogP contribution in [0, 0.1) is 0 Å². The normalized spacial score (nSPS) is 10.6. The van der Waals surface area contributed by atoms with Crippen LogP contribution in [0.25, 0.3) is 11.3 Å². The lowest BCUT2D eigenvalue weighted by atomic mass is 10.1. The van der Waals surface area contributed by atoms with Crippen LogP contribution >= 0.6 is 11.6 Å². The third-order valence-electron chi connectivity index (χ3n) is 3.30. The van der Waals surface area contributed by atoms with E-state index in [2.05, 4.69) is 5.10 Å². The second-order valence-corrected chi connectivity index (χ2v) is 5.32. The minimum atomic E-state index is -0.996. The van der Waals surface area contributed by atoms with Crippen LogP contribution in [0.3, 0.4) is 0 Å². The van der Waals surface area contributed by atoms with Crippen LogP contribution in [0.4, 0.5) is 0 Å². The highest BCUT2D eigenvalue weighted by Crippen LogP contribution is 2.24. The van der Waals surface area contributed by atoms with Crippen LogP contribution in [0.2, 0.25) is 5.02 Å². The molecule has 5 heteroatoms. The van der Waals surface area contributed by atoms with Crippen LogP contribution in [0.5, 0.6) is 0 Å². The highest BCUT2D eigenvalue weighted by molar-refractivity contribution is 6.30. The topological polar surface area (TPSA) is 55.1 Å². The molecule has 3 rings (SSSR count). The zero-order valence-electron chi connectivity index (χ0n) is 11.6. The van der Waals surface area contributed by atoms with E-state index in [1.54, 1.807) is 35.1 Å². The second kappa shape index (κ2) is 6.03. The van der Waals surface area contributed by atoms with Crippen LogP contribution < -0.4 is 0 Å². The molecule has 4 nitrogen and oxygen atoms in total. The zero-order chi connectivity index (χ0) is 15.5. The summed E-state index contributed by atoms with van der Waals surface area (Å²) in [5, 5.41) is 14.4. The van der Waals surface area contributed by atoms with Gasteiger partial charge in [-0.3, -0.25) is 4.68 Å². The molecule has 0 aliphatic carbocycles. The maximum Gasteiger partial charge on any atom is 0.339 e. The lowest BCUT2D eigenvalue weighted by molar-refractivity contribution is 0.0697. The Hall–Kier alpha value is -2.59. The van der Waals surface area contributed by atoms with E-state index in [1.165, 1.54) is 0 Å². The lowest BCUT2D eigenvalue weighted by Crippen LogP contribution is -2.00. The third kappa shape index (κ3) is 3.02. The first kappa shape index (κ1) is 14.4. The Bertz CT molecular complexity index is 795. The molecule has 0 aliphatic heterocycles. The molecule has 1 heterocycles. The fourth-order valence-corrected chi connectivity index (χ4v) is 2.38. The number of halogens is 1. The fourth-order valence-electron chi connectivity index (χ4n) is 2.25. The molecular weight excluding hydrogens is 300 g/mol. The van der Waals surface area contributed by atoms with Crippen molar-refractivity contribution in [3.8, 4) is 11.3 Å². The minimum Gasteiger partial charge on any atom is -0.478 e. The van der Waals surface area contributed by atoms with Crippen molar-refractivity contribution in [1.29, 1.82) is 0 Å². The first-order chi connectivity index (χ1) is 10.6. The largest absolute Gasteiger partial charge is 0.478 e. The van der Waals surface area contributed by atoms with Crippen molar-refractivity contribution >= 4 is 17.6 Å². The molecule has 0 fully saturated rings. The Balaban J connectivity index is 1.99. The van der Waals surface area contributed by atoms with Crippen LogP contribution in [-0.4, -0.2) is 20.9 Å². The van der Waals surface area contributed by atoms with Crippen molar-refractivity contribution in [2.24, 2.45) is 0 Å². The average molecular weight is 313 g/mol. The number of carbonyl (C=O) groups is 1. The Morgan fingerprint density at radius 1 is 1.09 bits per heavy atom. The van der Waals surface area contributed by atoms with Crippen molar-refractivity contribution in [3.05, 3.63) is 76.9 Å². The number of hydrogen-bond acceptors (Lipinski definition) is 2. The highest BCUT2D eigenvalue weighted by atomic mass is 35.5. The molecule has 0 unspecified atom stereocenters. The molecule has 0 amide bonds. The van der Waals surface area contributed by atoms with Crippen LogP contribution in [0.1, 0.15) is 15.9 Å². The Labute approximate surface area is 132 Å². The van der Waals surface area contributed by atoms with Gasteiger partial charge in [-0.15, -0.1) is 0 Å². The molecule has 110 valence electrons. The Morgan fingerprint density at radius 3 is 2.41 bits per heavy atom. The quantitative estimate of drug-likeness (QED) is 0.793. The van der Waals surface area contributed by atoms with E-state index in [1.807, 2.05) is 30.3 Å². The first-order valence-corrected chi connectivity index (χ1v) is 7.12. The van der Waals surface area contributed by atoms with Crippen molar-refractivity contribution in [1.82, 2.24) is 9.78 Å². The summed E-state index contributed by atoms with van der Waals surface area (Å²) in [5.74, 6) is -0.996. The summed E-state index contributed by atoms with van der Waals surface area (Å²) in [6, 6.07) is 16.8. The van der Waals surface area contributed by atoms with E-state index in [0.717, 1.165) is 11.1 Å². The van der Waals surface area contributed by atoms with Gasteiger partial charge in [0.1, 0.15) is 11.3 Å². The summed E-state index contributed by atoms with van der Waals surface area (Å²) in [6.45, 7) is 0.523. The second-order valence-electron chi connectivity index (χ2n) is 4.89. The third-order valence-corrected chi connectivity index (χ3v) is 3.55. The van der Waals surface area contributed by atoms with E-state index in [0.29, 0.717) is 17.3 Å². The molecule has 0 saturated carbocycles. The van der Waals surface area contributed by atoms with E-state index in [-0.39, 0.29) is 5.56 Å². The standard InChI is InChI=1S/C17H13ClN2O2/c18-14-8-6-13(7-9-14)16-15(17(21)22)11-20(19-16)10-12-4-2-1-3-5-12/h1-9,11H,10H2,(H,21,22). The molecule has 0 spiro atoms. The summed E-state index contributed by atoms with van der Waals surface area (Å²) in [4.78, 5) is 11.4. The fraction of sp³-hybridized carbons (Fsp3) is 0.0588. The monoisotopic (exact) mass is 312 g/mol. The van der Waals surface area contributed by atoms with Crippen molar-refractivity contribution < 1.29 is 9.90 Å². The maximum atomic E-state index is 11.4. The van der Waals surface area contributed by atoms with Crippen LogP contribution in [-0.2, 0) is 6.54 Å². The van der Waals surface area contributed by atoms with Crippen molar-refractivity contribution in [2.45, 2.75) is 6.54 Å². The van der Waals surface area contributed by atoms with Crippen molar-refractivity contribution in [3.63, 3.8) is 0 Å². The molecule has 22 heavy (non-hydrogen) atoms. The van der Waals surface area contributed by atoms with E-state index >= 15 is 0 Å². The number of nitrogens with zero attached hydrogens (tertiary/aromatic N) is 2. The molecule has 0 bridgehead atoms. The summed E-state index contributed by atoms with van der Waals surface area (Å²) in [5.41, 5.74) is 2.41. The molecule has 0 aliphatic rings. The van der Waals surface area contributed by atoms with Gasteiger partial charge in [0, 0.05) is 16.8 Å². The molecule has 3 aromatic rings. The predicted molar refractivity (Wildman–Crippen MR) is 85.2 cm³/mol. The SMILES string of the molecule is O=C(O)c1cn(Cc2ccccc2)nc1-c1ccc(Cl)cc1. The van der Waals surface area contributed by atoms with E-state index < -0.39 is 5.97 Å². The highest BCUT2D eigenvalue weighted by Gasteiger charge is 2.17. The summed E-state index contributed by atoms with van der Waals surface area (Å²) in [6.07, 6.45) is 1.55. The average Bonchev–Trinajstić information content (AvgIpc) is 2.93. The lowest BCUT2D eigenvalue weighted by Gasteiger charge is -2.01. The molecule has 0 saturated heterocycles. The summed E-state index contributed by atoms with van der Waals surface area (Å²) in [7, 11) is 0. The van der Waals surface area contributed by atoms with E-state index in [4.69, 9.17) is 11.6 Å². The van der Waals surface area contributed by atoms with Gasteiger partial charge >= 0.3 is 5.97 Å². The number of rotatable bonds is 4. The number of benzene rings is 2. The number of aromatic carboxylic acids is 1. The molecule has 2 aromatic carbocycles. The molecular formula is C17H13ClN2O2. The molecule has 0 radical (unpaired) electrons. The molecule has 1 aromatic heterocycles. The van der Waals surface area contributed by atoms with Gasteiger partial charge in [0.2, 0.25) is 0 Å². The minimum absolute atomic E-state index is 0.179. The number of aromatic nitrogens is 2. The van der Waals surface area contributed by atoms with Gasteiger partial charge < -0.3 is 5.11 Å². The zero-order valence-corrected chi connectivity index (χ0v) is 12.4. The number of carboxylic acids is 1. The number of hydrogen-bond donors (Lipinski definition) is 1. The maximum absolute atomic E-state index is 11.4. The molecule has 1 N–H and O–H groups in total. The van der Waals surface area contributed by atoms with Crippen LogP contribution in [0.15, 0.2) is 60.8 Å². The Kier molecular flexibility index (Phi) is 3.94. The van der Waals surface area contributed by atoms with Crippen molar-refractivity contribution in [2.75, 3.05) is 0 Å². The van der Waals surface area contributed by atoms with Gasteiger partial charge in [0.05, 0.1) is 6.54 Å². The van der Waals surface area contributed by atoms with Gasteiger partial charge in [-0.2, -0.15) is 5.10 Å². The van der Waals surface area contributed by atoms with Gasteiger partial charge in [-0.25, -0.2) is 4.79 Å². The van der Waals surface area contributed by atoms with Gasteiger partial charge in [0.15, 0.2) is 0 Å². The molecule has 0 atom stereocenters. The van der Waals surface area contributed by atoms with Gasteiger partial charge in [-0.1, -0.05) is 54.1 Å². The predicted octanol–water partition coefficient (Wildman–Crippen LogP) is 3.95. The summed E-state index contributed by atoms with van der Waals surface area (Å²) < 4.78 is 1.64. The smallest absolute Gasteiger partial charge is 0.339 e. The first-order valence-electron chi connectivity index (χ1n) is 6.74. The Morgan fingerprint density at radius 2 is 1.77 bits per heavy atom. The number of carboxylic acid groups (broad SMARTS) is 1. The van der Waals surface area contributed by atoms with Gasteiger partial charge in [0.25, 0.3) is 0 Å².